The Morgan fingerprint density at radius 1 is 1.29 bits per heavy atom. The van der Waals surface area contributed by atoms with E-state index < -0.39 is 10.9 Å². The molecule has 90 valence electrons. The van der Waals surface area contributed by atoms with Gasteiger partial charge in [-0.3, -0.25) is 10.1 Å². The summed E-state index contributed by atoms with van der Waals surface area (Å²) in [4.78, 5) is 23.0. The van der Waals surface area contributed by atoms with Crippen LogP contribution in [0.4, 0.5) is 11.4 Å². The summed E-state index contributed by atoms with van der Waals surface area (Å²) in [5.74, 6) is -1.14. The lowest BCUT2D eigenvalue weighted by atomic mass is 10.1. The van der Waals surface area contributed by atoms with Gasteiger partial charge in [0.1, 0.15) is 0 Å². The van der Waals surface area contributed by atoms with E-state index in [0.717, 1.165) is 32.0 Å². The molecular formula is C11H12N2O4. The molecular weight excluding hydrogens is 224 g/mol. The van der Waals surface area contributed by atoms with Crippen LogP contribution in [0.5, 0.6) is 0 Å². The van der Waals surface area contributed by atoms with Crippen LogP contribution in [-0.2, 0) is 0 Å². The van der Waals surface area contributed by atoms with Crippen molar-refractivity contribution in [3.05, 3.63) is 33.9 Å². The van der Waals surface area contributed by atoms with Crippen LogP contribution in [-0.4, -0.2) is 29.1 Å². The number of carbonyl (C=O) groups is 1. The third-order valence-corrected chi connectivity index (χ3v) is 2.83. The number of hydrogen-bond acceptors (Lipinski definition) is 4. The molecule has 1 aliphatic rings. The highest BCUT2D eigenvalue weighted by molar-refractivity contribution is 5.90. The Labute approximate surface area is 97.6 Å². The molecule has 0 aliphatic carbocycles. The van der Waals surface area contributed by atoms with Crippen LogP contribution in [0.3, 0.4) is 0 Å². The number of carboxylic acid groups (broad SMARTS) is 1. The van der Waals surface area contributed by atoms with E-state index in [2.05, 4.69) is 0 Å². The zero-order valence-corrected chi connectivity index (χ0v) is 9.13. The van der Waals surface area contributed by atoms with E-state index >= 15 is 0 Å². The molecule has 0 aromatic heterocycles. The topological polar surface area (TPSA) is 83.7 Å². The third-order valence-electron chi connectivity index (χ3n) is 2.83. The summed E-state index contributed by atoms with van der Waals surface area (Å²) in [5.41, 5.74) is 0.405. The molecule has 1 saturated heterocycles. The summed E-state index contributed by atoms with van der Waals surface area (Å²) in [5, 5.41) is 19.7. The van der Waals surface area contributed by atoms with Crippen molar-refractivity contribution in [1.82, 2.24) is 0 Å². The number of nitrogens with zero attached hydrogens (tertiary/aromatic N) is 2. The molecule has 0 bridgehead atoms. The molecule has 1 heterocycles. The Kier molecular flexibility index (Phi) is 2.95. The van der Waals surface area contributed by atoms with Crippen LogP contribution >= 0.6 is 0 Å². The first-order valence-corrected chi connectivity index (χ1v) is 5.35. The summed E-state index contributed by atoms with van der Waals surface area (Å²) in [6.45, 7) is 1.64. The maximum Gasteiger partial charge on any atom is 0.336 e. The number of hydrogen-bond donors (Lipinski definition) is 1. The average Bonchev–Trinajstić information content (AvgIpc) is 2.81. The van der Waals surface area contributed by atoms with Crippen LogP contribution in [0.25, 0.3) is 0 Å². The van der Waals surface area contributed by atoms with E-state index in [9.17, 15) is 14.9 Å². The van der Waals surface area contributed by atoms with Gasteiger partial charge in [-0.1, -0.05) is 0 Å². The molecule has 6 heteroatoms. The first kappa shape index (κ1) is 11.4. The maximum atomic E-state index is 10.9. The quantitative estimate of drug-likeness (QED) is 0.640. The van der Waals surface area contributed by atoms with E-state index in [1.807, 2.05) is 4.90 Å². The minimum absolute atomic E-state index is 0.0406. The summed E-state index contributed by atoms with van der Waals surface area (Å²) in [6.07, 6.45) is 2.07. The maximum absolute atomic E-state index is 10.9. The summed E-state index contributed by atoms with van der Waals surface area (Å²) in [7, 11) is 0. The zero-order valence-electron chi connectivity index (χ0n) is 9.13. The number of non-ortho nitro benzene ring substituents is 1. The summed E-state index contributed by atoms with van der Waals surface area (Å²) in [6, 6.07) is 4.00. The number of carboxylic acids is 1. The van der Waals surface area contributed by atoms with Gasteiger partial charge in [0.25, 0.3) is 5.69 Å². The lowest BCUT2D eigenvalue weighted by Crippen LogP contribution is -2.18. The second-order valence-corrected chi connectivity index (χ2v) is 3.99. The smallest absolute Gasteiger partial charge is 0.336 e. The first-order valence-electron chi connectivity index (χ1n) is 5.35. The molecule has 1 aromatic carbocycles. The van der Waals surface area contributed by atoms with Gasteiger partial charge in [0, 0.05) is 30.9 Å². The molecule has 1 aliphatic heterocycles. The van der Waals surface area contributed by atoms with Gasteiger partial charge in [0.05, 0.1) is 10.5 Å². The van der Waals surface area contributed by atoms with Gasteiger partial charge in [-0.2, -0.15) is 0 Å². The fourth-order valence-electron chi connectivity index (χ4n) is 1.98. The van der Waals surface area contributed by atoms with Crippen molar-refractivity contribution in [3.8, 4) is 0 Å². The third kappa shape index (κ3) is 2.35. The van der Waals surface area contributed by atoms with E-state index in [1.54, 1.807) is 0 Å². The van der Waals surface area contributed by atoms with Crippen molar-refractivity contribution >= 4 is 17.3 Å². The van der Waals surface area contributed by atoms with Crippen LogP contribution in [0.1, 0.15) is 23.2 Å². The normalized spacial score (nSPS) is 14.9. The van der Waals surface area contributed by atoms with E-state index in [1.165, 1.54) is 12.1 Å². The lowest BCUT2D eigenvalue weighted by Gasteiger charge is -2.17. The van der Waals surface area contributed by atoms with E-state index in [0.29, 0.717) is 5.69 Å². The van der Waals surface area contributed by atoms with Crippen molar-refractivity contribution in [3.63, 3.8) is 0 Å². The SMILES string of the molecule is O=C(O)c1cc(N2CCCC2)cc([N+](=O)[O-])c1. The lowest BCUT2D eigenvalue weighted by molar-refractivity contribution is -0.384. The van der Waals surface area contributed by atoms with Crippen LogP contribution in [0.2, 0.25) is 0 Å². The molecule has 1 aromatic rings. The van der Waals surface area contributed by atoms with Crippen molar-refractivity contribution in [2.75, 3.05) is 18.0 Å². The Bertz CT molecular complexity index is 434. The number of rotatable bonds is 3. The summed E-state index contributed by atoms with van der Waals surface area (Å²) < 4.78 is 0. The van der Waals surface area contributed by atoms with Crippen molar-refractivity contribution in [1.29, 1.82) is 0 Å². The standard InChI is InChI=1S/C11H12N2O4/c14-11(15)8-5-9(12-3-1-2-4-12)7-10(6-8)13(16)17/h5-7H,1-4H2,(H,14,15). The number of nitro groups is 1. The highest BCUT2D eigenvalue weighted by Crippen LogP contribution is 2.26. The fourth-order valence-corrected chi connectivity index (χ4v) is 1.98. The van der Waals surface area contributed by atoms with E-state index in [4.69, 9.17) is 5.11 Å². The van der Waals surface area contributed by atoms with Crippen molar-refractivity contribution in [2.24, 2.45) is 0 Å². The van der Waals surface area contributed by atoms with Crippen LogP contribution in [0.15, 0.2) is 18.2 Å². The fraction of sp³-hybridized carbons (Fsp3) is 0.364. The predicted octanol–water partition coefficient (Wildman–Crippen LogP) is 1.89. The van der Waals surface area contributed by atoms with Gasteiger partial charge in [-0.05, 0) is 18.9 Å². The first-order chi connectivity index (χ1) is 8.08. The Morgan fingerprint density at radius 3 is 2.47 bits per heavy atom. The van der Waals surface area contributed by atoms with Crippen LogP contribution < -0.4 is 4.90 Å². The van der Waals surface area contributed by atoms with Gasteiger partial charge >= 0.3 is 5.97 Å². The van der Waals surface area contributed by atoms with Crippen LogP contribution in [0, 0.1) is 10.1 Å². The number of aromatic carboxylic acids is 1. The molecule has 17 heavy (non-hydrogen) atoms. The van der Waals surface area contributed by atoms with Gasteiger partial charge < -0.3 is 10.0 Å². The molecule has 0 unspecified atom stereocenters. The molecule has 0 atom stereocenters. The zero-order chi connectivity index (χ0) is 12.4. The number of benzene rings is 1. The Balaban J connectivity index is 2.43. The minimum Gasteiger partial charge on any atom is -0.478 e. The summed E-state index contributed by atoms with van der Waals surface area (Å²) >= 11 is 0. The molecule has 1 N–H and O–H groups in total. The average molecular weight is 236 g/mol. The van der Waals surface area contributed by atoms with E-state index in [-0.39, 0.29) is 11.3 Å². The Morgan fingerprint density at radius 2 is 1.94 bits per heavy atom. The monoisotopic (exact) mass is 236 g/mol. The van der Waals surface area contributed by atoms with Gasteiger partial charge in [-0.25, -0.2) is 4.79 Å². The minimum atomic E-state index is -1.14. The van der Waals surface area contributed by atoms with Crippen molar-refractivity contribution in [2.45, 2.75) is 12.8 Å². The molecule has 0 radical (unpaired) electrons. The highest BCUT2D eigenvalue weighted by atomic mass is 16.6. The van der Waals surface area contributed by atoms with Gasteiger partial charge in [-0.15, -0.1) is 0 Å². The molecule has 2 rings (SSSR count). The molecule has 0 saturated carbocycles. The Hall–Kier alpha value is -2.11. The van der Waals surface area contributed by atoms with Gasteiger partial charge in [0.15, 0.2) is 0 Å². The molecule has 1 fully saturated rings. The second kappa shape index (κ2) is 4.40. The van der Waals surface area contributed by atoms with Gasteiger partial charge in [0.2, 0.25) is 0 Å². The molecule has 6 nitrogen and oxygen atoms in total. The van der Waals surface area contributed by atoms with Crippen molar-refractivity contribution < 1.29 is 14.8 Å². The number of nitro benzene ring substituents is 1. The predicted molar refractivity (Wildman–Crippen MR) is 61.5 cm³/mol. The molecule has 0 amide bonds. The number of anilines is 1. The second-order valence-electron chi connectivity index (χ2n) is 3.99. The largest absolute Gasteiger partial charge is 0.478 e. The highest BCUT2D eigenvalue weighted by Gasteiger charge is 2.19. The molecule has 0 spiro atoms.